The first kappa shape index (κ1) is 13.8. The molecule has 0 saturated carbocycles. The van der Waals surface area contributed by atoms with Crippen molar-refractivity contribution >= 4 is 0 Å². The lowest BCUT2D eigenvalue weighted by atomic mass is 9.90. The maximum atomic E-state index is 9.03. The molecule has 0 radical (unpaired) electrons. The number of nitrogens with zero attached hydrogens (tertiary/aromatic N) is 3. The van der Waals surface area contributed by atoms with Crippen LogP contribution >= 0.6 is 0 Å². The van der Waals surface area contributed by atoms with Gasteiger partial charge in [-0.1, -0.05) is 0 Å². The molecule has 0 bridgehead atoms. The van der Waals surface area contributed by atoms with Crippen LogP contribution in [0.25, 0.3) is 0 Å². The molecule has 0 aromatic carbocycles. The smallest absolute Gasteiger partial charge is 0.0683 e. The Balaban J connectivity index is 1.74. The van der Waals surface area contributed by atoms with Gasteiger partial charge in [-0.15, -0.1) is 0 Å². The molecule has 3 heteroatoms. The molecule has 0 aromatic rings. The van der Waals surface area contributed by atoms with E-state index in [4.69, 9.17) is 5.26 Å². The molecule has 3 nitrogen and oxygen atoms in total. The lowest BCUT2D eigenvalue weighted by Crippen LogP contribution is -2.37. The summed E-state index contributed by atoms with van der Waals surface area (Å²) >= 11 is 0. The van der Waals surface area contributed by atoms with Crippen LogP contribution in [-0.4, -0.2) is 48.6 Å². The Hall–Kier alpha value is -0.590. The van der Waals surface area contributed by atoms with Crippen molar-refractivity contribution in [3.63, 3.8) is 0 Å². The highest BCUT2D eigenvalue weighted by molar-refractivity contribution is 4.91. The van der Waals surface area contributed by atoms with Gasteiger partial charge in [-0.3, -0.25) is 4.90 Å². The van der Waals surface area contributed by atoms with Crippen molar-refractivity contribution in [3.8, 4) is 6.07 Å². The molecule has 2 saturated heterocycles. The van der Waals surface area contributed by atoms with Crippen molar-refractivity contribution < 1.29 is 0 Å². The van der Waals surface area contributed by atoms with E-state index < -0.39 is 0 Å². The van der Waals surface area contributed by atoms with Crippen molar-refractivity contribution in [3.05, 3.63) is 0 Å². The van der Waals surface area contributed by atoms with Crippen molar-refractivity contribution in [1.82, 2.24) is 9.80 Å². The Morgan fingerprint density at radius 1 is 1.22 bits per heavy atom. The summed E-state index contributed by atoms with van der Waals surface area (Å²) in [6.45, 7) is 10.4. The van der Waals surface area contributed by atoms with Gasteiger partial charge in [0.2, 0.25) is 0 Å². The van der Waals surface area contributed by atoms with Crippen LogP contribution in [0.3, 0.4) is 0 Å². The van der Waals surface area contributed by atoms with Crippen LogP contribution < -0.4 is 0 Å². The van der Waals surface area contributed by atoms with Gasteiger partial charge in [0.1, 0.15) is 0 Å². The molecular weight excluding hydrogens is 222 g/mol. The van der Waals surface area contributed by atoms with Gasteiger partial charge in [-0.25, -0.2) is 0 Å². The zero-order valence-electron chi connectivity index (χ0n) is 12.0. The monoisotopic (exact) mass is 249 g/mol. The fraction of sp³-hybridized carbons (Fsp3) is 0.933. The molecule has 2 fully saturated rings. The maximum Gasteiger partial charge on any atom is 0.0683 e. The number of fused-ring (bicyclic) bond motifs is 1. The van der Waals surface area contributed by atoms with E-state index in [1.165, 1.54) is 52.0 Å². The molecule has 2 aliphatic heterocycles. The Morgan fingerprint density at radius 2 is 2.00 bits per heavy atom. The topological polar surface area (TPSA) is 30.3 Å². The molecular formula is C15H27N3. The molecule has 0 amide bonds. The van der Waals surface area contributed by atoms with Crippen LogP contribution in [0.15, 0.2) is 0 Å². The van der Waals surface area contributed by atoms with Gasteiger partial charge in [0.15, 0.2) is 0 Å². The Labute approximate surface area is 112 Å². The summed E-state index contributed by atoms with van der Waals surface area (Å²) in [5, 5.41) is 9.03. The van der Waals surface area contributed by atoms with Crippen molar-refractivity contribution in [2.75, 3.05) is 32.7 Å². The van der Waals surface area contributed by atoms with Crippen LogP contribution in [-0.2, 0) is 0 Å². The van der Waals surface area contributed by atoms with Gasteiger partial charge < -0.3 is 4.90 Å². The standard InChI is InChI=1S/C15H27N3/c1-15(2,13-16)7-4-8-17-9-5-11-18-10-3-6-14(18)12-17/h14H,3-12H2,1-2H3. The number of nitriles is 1. The van der Waals surface area contributed by atoms with E-state index in [9.17, 15) is 0 Å². The number of hydrogen-bond acceptors (Lipinski definition) is 3. The second kappa shape index (κ2) is 6.04. The molecule has 0 aromatic heterocycles. The molecule has 0 aliphatic carbocycles. The molecule has 2 heterocycles. The first-order chi connectivity index (χ1) is 8.61. The van der Waals surface area contributed by atoms with Crippen LogP contribution in [0.2, 0.25) is 0 Å². The maximum absolute atomic E-state index is 9.03. The van der Waals surface area contributed by atoms with Crippen molar-refractivity contribution in [1.29, 1.82) is 5.26 Å². The molecule has 1 atom stereocenters. The van der Waals surface area contributed by atoms with Gasteiger partial charge in [0, 0.05) is 12.6 Å². The van der Waals surface area contributed by atoms with E-state index in [1.54, 1.807) is 0 Å². The highest BCUT2D eigenvalue weighted by Crippen LogP contribution is 2.23. The van der Waals surface area contributed by atoms with Gasteiger partial charge >= 0.3 is 0 Å². The molecule has 0 N–H and O–H groups in total. The van der Waals surface area contributed by atoms with E-state index in [0.717, 1.165) is 18.9 Å². The third-order valence-corrected chi connectivity index (χ3v) is 4.47. The van der Waals surface area contributed by atoms with Gasteiger partial charge in [0.25, 0.3) is 0 Å². The number of rotatable bonds is 4. The average molecular weight is 249 g/mol. The summed E-state index contributed by atoms with van der Waals surface area (Å²) in [5.41, 5.74) is -0.148. The Bertz CT molecular complexity index is 305. The van der Waals surface area contributed by atoms with E-state index in [-0.39, 0.29) is 5.41 Å². The van der Waals surface area contributed by atoms with Crippen molar-refractivity contribution in [2.24, 2.45) is 5.41 Å². The minimum Gasteiger partial charge on any atom is -0.302 e. The zero-order chi connectivity index (χ0) is 13.0. The Kier molecular flexibility index (Phi) is 4.64. The lowest BCUT2D eigenvalue weighted by molar-refractivity contribution is 0.213. The molecule has 18 heavy (non-hydrogen) atoms. The molecule has 1 unspecified atom stereocenters. The minimum absolute atomic E-state index is 0.148. The van der Waals surface area contributed by atoms with Crippen molar-refractivity contribution in [2.45, 2.75) is 52.0 Å². The highest BCUT2D eigenvalue weighted by Gasteiger charge is 2.28. The summed E-state index contributed by atoms with van der Waals surface area (Å²) in [4.78, 5) is 5.31. The second-order valence-corrected chi connectivity index (χ2v) is 6.59. The van der Waals surface area contributed by atoms with E-state index in [2.05, 4.69) is 15.9 Å². The van der Waals surface area contributed by atoms with Gasteiger partial charge in [0.05, 0.1) is 11.5 Å². The third kappa shape index (κ3) is 3.70. The normalized spacial score (nSPS) is 26.6. The van der Waals surface area contributed by atoms with Crippen LogP contribution in [0, 0.1) is 16.7 Å². The fourth-order valence-corrected chi connectivity index (χ4v) is 3.29. The summed E-state index contributed by atoms with van der Waals surface area (Å²) < 4.78 is 0. The summed E-state index contributed by atoms with van der Waals surface area (Å²) in [7, 11) is 0. The molecule has 2 aliphatic rings. The van der Waals surface area contributed by atoms with Crippen LogP contribution in [0.5, 0.6) is 0 Å². The summed E-state index contributed by atoms with van der Waals surface area (Å²) in [6.07, 6.45) is 6.28. The first-order valence-corrected chi connectivity index (χ1v) is 7.48. The van der Waals surface area contributed by atoms with Crippen LogP contribution in [0.1, 0.15) is 46.0 Å². The molecule has 0 spiro atoms. The predicted octanol–water partition coefficient (Wildman–Crippen LogP) is 2.49. The summed E-state index contributed by atoms with van der Waals surface area (Å²) in [6, 6.07) is 3.22. The highest BCUT2D eigenvalue weighted by atomic mass is 15.3. The average Bonchev–Trinajstić information content (AvgIpc) is 2.68. The fourth-order valence-electron chi connectivity index (χ4n) is 3.29. The van der Waals surface area contributed by atoms with Crippen LogP contribution in [0.4, 0.5) is 0 Å². The minimum atomic E-state index is -0.148. The van der Waals surface area contributed by atoms with Gasteiger partial charge in [-0.2, -0.15) is 5.26 Å². The van der Waals surface area contributed by atoms with Gasteiger partial charge in [-0.05, 0) is 72.1 Å². The first-order valence-electron chi connectivity index (χ1n) is 7.48. The van der Waals surface area contributed by atoms with E-state index >= 15 is 0 Å². The SMILES string of the molecule is CC(C)(C#N)CCCN1CCCN2CCCC2C1. The Morgan fingerprint density at radius 3 is 2.78 bits per heavy atom. The lowest BCUT2D eigenvalue weighted by Gasteiger charge is -2.26. The quantitative estimate of drug-likeness (QED) is 0.767. The largest absolute Gasteiger partial charge is 0.302 e. The molecule has 102 valence electrons. The summed E-state index contributed by atoms with van der Waals surface area (Å²) in [5.74, 6) is 0. The number of hydrogen-bond donors (Lipinski definition) is 0. The second-order valence-electron chi connectivity index (χ2n) is 6.59. The third-order valence-electron chi connectivity index (χ3n) is 4.47. The van der Waals surface area contributed by atoms with E-state index in [0.29, 0.717) is 0 Å². The van der Waals surface area contributed by atoms with E-state index in [1.807, 2.05) is 13.8 Å². The molecule has 2 rings (SSSR count). The zero-order valence-corrected chi connectivity index (χ0v) is 12.0. The predicted molar refractivity (Wildman–Crippen MR) is 74.3 cm³/mol.